The first kappa shape index (κ1) is 12.2. The van der Waals surface area contributed by atoms with Gasteiger partial charge in [0.05, 0.1) is 12.1 Å². The summed E-state index contributed by atoms with van der Waals surface area (Å²) in [7, 11) is 0. The van der Waals surface area contributed by atoms with Gasteiger partial charge in [-0.1, -0.05) is 24.3 Å². The first-order valence-corrected chi connectivity index (χ1v) is 5.34. The van der Waals surface area contributed by atoms with E-state index >= 15 is 0 Å². The topological polar surface area (TPSA) is 47.3 Å². The van der Waals surface area contributed by atoms with Crippen LogP contribution in [0.3, 0.4) is 0 Å². The molecule has 0 aliphatic carbocycles. The number of aryl methyl sites for hydroxylation is 1. The van der Waals surface area contributed by atoms with Gasteiger partial charge in [0, 0.05) is 6.61 Å². The molecule has 0 heterocycles. The average molecular weight is 208 g/mol. The van der Waals surface area contributed by atoms with Gasteiger partial charge in [0.25, 0.3) is 0 Å². The largest absolute Gasteiger partial charge is 0.377 e. The zero-order valence-corrected chi connectivity index (χ0v) is 9.66. The molecule has 2 unspecified atom stereocenters. The summed E-state index contributed by atoms with van der Waals surface area (Å²) in [6.07, 6.45) is 0.0705. The molecule has 3 N–H and O–H groups in total. The van der Waals surface area contributed by atoms with Crippen LogP contribution >= 0.6 is 0 Å². The van der Waals surface area contributed by atoms with E-state index in [0.29, 0.717) is 6.61 Å². The second-order valence-electron chi connectivity index (χ2n) is 3.66. The maximum absolute atomic E-state index is 5.57. The van der Waals surface area contributed by atoms with Crippen LogP contribution < -0.4 is 11.3 Å². The van der Waals surface area contributed by atoms with Crippen molar-refractivity contribution in [1.82, 2.24) is 5.43 Å². The lowest BCUT2D eigenvalue weighted by Gasteiger charge is -2.24. The Labute approximate surface area is 91.6 Å². The zero-order chi connectivity index (χ0) is 11.3. The Hall–Kier alpha value is -0.900. The number of nitrogens with two attached hydrogens (primary N) is 1. The van der Waals surface area contributed by atoms with Gasteiger partial charge >= 0.3 is 0 Å². The van der Waals surface area contributed by atoms with E-state index in [9.17, 15) is 0 Å². The Morgan fingerprint density at radius 3 is 2.60 bits per heavy atom. The van der Waals surface area contributed by atoms with E-state index in [4.69, 9.17) is 10.6 Å². The summed E-state index contributed by atoms with van der Waals surface area (Å²) >= 11 is 0. The molecule has 0 saturated heterocycles. The minimum absolute atomic E-state index is 0.0474. The number of hydrogen-bond acceptors (Lipinski definition) is 3. The van der Waals surface area contributed by atoms with Crippen LogP contribution in [0.1, 0.15) is 31.0 Å². The number of rotatable bonds is 5. The van der Waals surface area contributed by atoms with Gasteiger partial charge in [-0.15, -0.1) is 0 Å². The summed E-state index contributed by atoms with van der Waals surface area (Å²) in [6, 6.07) is 8.25. The van der Waals surface area contributed by atoms with E-state index in [1.165, 1.54) is 11.1 Å². The fourth-order valence-electron chi connectivity index (χ4n) is 1.77. The zero-order valence-electron chi connectivity index (χ0n) is 9.66. The summed E-state index contributed by atoms with van der Waals surface area (Å²) < 4.78 is 5.56. The smallest absolute Gasteiger partial charge is 0.0754 e. The molecule has 0 spiro atoms. The van der Waals surface area contributed by atoms with E-state index < -0.39 is 0 Å². The van der Waals surface area contributed by atoms with E-state index in [1.54, 1.807) is 0 Å². The second kappa shape index (κ2) is 5.85. The molecule has 0 aliphatic heterocycles. The van der Waals surface area contributed by atoms with Crippen molar-refractivity contribution in [1.29, 1.82) is 0 Å². The Balaban J connectivity index is 2.87. The highest BCUT2D eigenvalue weighted by Crippen LogP contribution is 2.21. The van der Waals surface area contributed by atoms with Gasteiger partial charge in [0.1, 0.15) is 0 Å². The molecule has 0 saturated carbocycles. The van der Waals surface area contributed by atoms with E-state index in [2.05, 4.69) is 24.5 Å². The van der Waals surface area contributed by atoms with Crippen molar-refractivity contribution in [3.63, 3.8) is 0 Å². The Morgan fingerprint density at radius 1 is 1.40 bits per heavy atom. The van der Waals surface area contributed by atoms with Crippen molar-refractivity contribution >= 4 is 0 Å². The van der Waals surface area contributed by atoms with Gasteiger partial charge in [-0.3, -0.25) is 11.3 Å². The maximum Gasteiger partial charge on any atom is 0.0754 e. The second-order valence-corrected chi connectivity index (χ2v) is 3.66. The van der Waals surface area contributed by atoms with Crippen LogP contribution in [-0.2, 0) is 4.74 Å². The summed E-state index contributed by atoms with van der Waals surface area (Å²) in [4.78, 5) is 0. The number of benzene rings is 1. The lowest BCUT2D eigenvalue weighted by molar-refractivity contribution is 0.0471. The molecule has 1 rings (SSSR count). The monoisotopic (exact) mass is 208 g/mol. The molecule has 0 radical (unpaired) electrons. The highest BCUT2D eigenvalue weighted by molar-refractivity contribution is 5.29. The van der Waals surface area contributed by atoms with Gasteiger partial charge < -0.3 is 4.74 Å². The Morgan fingerprint density at radius 2 is 2.07 bits per heavy atom. The van der Waals surface area contributed by atoms with E-state index in [-0.39, 0.29) is 12.1 Å². The van der Waals surface area contributed by atoms with Crippen LogP contribution in [0, 0.1) is 6.92 Å². The van der Waals surface area contributed by atoms with E-state index in [0.717, 1.165) is 0 Å². The van der Waals surface area contributed by atoms with Crippen LogP contribution in [0.15, 0.2) is 24.3 Å². The molecule has 1 aromatic rings. The predicted octanol–water partition coefficient (Wildman–Crippen LogP) is 1.92. The lowest BCUT2D eigenvalue weighted by atomic mass is 9.98. The van der Waals surface area contributed by atoms with Crippen LogP contribution in [0.2, 0.25) is 0 Å². The fraction of sp³-hybridized carbons (Fsp3) is 0.500. The molecular weight excluding hydrogens is 188 g/mol. The third-order valence-corrected chi connectivity index (χ3v) is 2.60. The van der Waals surface area contributed by atoms with Crippen molar-refractivity contribution in [2.24, 2.45) is 5.84 Å². The van der Waals surface area contributed by atoms with Gasteiger partial charge in [0.15, 0.2) is 0 Å². The molecule has 3 nitrogen and oxygen atoms in total. The predicted molar refractivity (Wildman–Crippen MR) is 62.3 cm³/mol. The third kappa shape index (κ3) is 3.02. The molecule has 15 heavy (non-hydrogen) atoms. The van der Waals surface area contributed by atoms with Crippen LogP contribution in [0.4, 0.5) is 0 Å². The molecule has 0 aromatic heterocycles. The van der Waals surface area contributed by atoms with Crippen molar-refractivity contribution in [3.8, 4) is 0 Å². The van der Waals surface area contributed by atoms with E-state index in [1.807, 2.05) is 26.0 Å². The lowest BCUT2D eigenvalue weighted by Crippen LogP contribution is -2.37. The first-order chi connectivity index (χ1) is 7.20. The number of hydrazine groups is 1. The molecule has 2 atom stereocenters. The summed E-state index contributed by atoms with van der Waals surface area (Å²) in [5.74, 6) is 5.57. The normalized spacial score (nSPS) is 14.9. The van der Waals surface area contributed by atoms with Crippen molar-refractivity contribution in [2.75, 3.05) is 6.61 Å². The van der Waals surface area contributed by atoms with Gasteiger partial charge in [-0.05, 0) is 31.9 Å². The van der Waals surface area contributed by atoms with Crippen LogP contribution in [0.25, 0.3) is 0 Å². The highest BCUT2D eigenvalue weighted by atomic mass is 16.5. The molecule has 84 valence electrons. The molecule has 0 amide bonds. The Bertz CT molecular complexity index is 301. The summed E-state index contributed by atoms with van der Waals surface area (Å²) in [6.45, 7) is 6.80. The number of nitrogens with one attached hydrogen (secondary N) is 1. The maximum atomic E-state index is 5.57. The average Bonchev–Trinajstić information content (AvgIpc) is 2.22. The molecular formula is C12H20N2O. The molecule has 0 fully saturated rings. The molecule has 0 bridgehead atoms. The minimum atomic E-state index is 0.0474. The van der Waals surface area contributed by atoms with Gasteiger partial charge in [-0.2, -0.15) is 0 Å². The van der Waals surface area contributed by atoms with Crippen molar-refractivity contribution in [3.05, 3.63) is 35.4 Å². The summed E-state index contributed by atoms with van der Waals surface area (Å²) in [5, 5.41) is 0. The van der Waals surface area contributed by atoms with Gasteiger partial charge in [0.2, 0.25) is 0 Å². The van der Waals surface area contributed by atoms with Crippen LogP contribution in [-0.4, -0.2) is 12.7 Å². The molecule has 1 aromatic carbocycles. The van der Waals surface area contributed by atoms with Gasteiger partial charge in [-0.25, -0.2) is 0 Å². The van der Waals surface area contributed by atoms with Crippen LogP contribution in [0.5, 0.6) is 0 Å². The van der Waals surface area contributed by atoms with Crippen molar-refractivity contribution in [2.45, 2.75) is 32.9 Å². The quantitative estimate of drug-likeness (QED) is 0.574. The number of hydrogen-bond donors (Lipinski definition) is 2. The first-order valence-electron chi connectivity index (χ1n) is 5.34. The number of ether oxygens (including phenoxy) is 1. The summed E-state index contributed by atoms with van der Waals surface area (Å²) in [5.41, 5.74) is 5.24. The third-order valence-electron chi connectivity index (χ3n) is 2.60. The van der Waals surface area contributed by atoms with Crippen molar-refractivity contribution < 1.29 is 4.74 Å². The fourth-order valence-corrected chi connectivity index (χ4v) is 1.77. The minimum Gasteiger partial charge on any atom is -0.377 e. The Kier molecular flexibility index (Phi) is 4.75. The SMILES string of the molecule is CCOC(C)C(NN)c1ccccc1C. The highest BCUT2D eigenvalue weighted by Gasteiger charge is 2.19. The molecule has 3 heteroatoms. The molecule has 0 aliphatic rings. The standard InChI is InChI=1S/C12H20N2O/c1-4-15-10(3)12(14-13)11-8-6-5-7-9(11)2/h5-8,10,12,14H,4,13H2,1-3H3.